The summed E-state index contributed by atoms with van der Waals surface area (Å²) in [6, 6.07) is 3.26. The molecule has 5 heteroatoms. The predicted octanol–water partition coefficient (Wildman–Crippen LogP) is 0.131. The molecule has 0 aromatic carbocycles. The van der Waals surface area contributed by atoms with Crippen LogP contribution in [-0.4, -0.2) is 16.6 Å². The van der Waals surface area contributed by atoms with Gasteiger partial charge in [-0.05, 0) is 12.5 Å². The highest BCUT2D eigenvalue weighted by Crippen LogP contribution is 2.50. The minimum atomic E-state index is -1.15. The average molecular weight is 182 g/mol. The summed E-state index contributed by atoms with van der Waals surface area (Å²) < 4.78 is 5.09. The van der Waals surface area contributed by atoms with Crippen LogP contribution < -0.4 is 11.5 Å². The van der Waals surface area contributed by atoms with Crippen LogP contribution in [0.4, 0.5) is 5.88 Å². The van der Waals surface area contributed by atoms with E-state index in [4.69, 9.17) is 21.0 Å². The van der Waals surface area contributed by atoms with Crippen molar-refractivity contribution in [2.45, 2.75) is 17.9 Å². The van der Waals surface area contributed by atoms with Gasteiger partial charge < -0.3 is 21.0 Å². The van der Waals surface area contributed by atoms with Crippen molar-refractivity contribution in [3.63, 3.8) is 0 Å². The number of carbonyl (C=O) groups is 1. The Hall–Kier alpha value is -1.49. The Morgan fingerprint density at radius 2 is 2.38 bits per heavy atom. The van der Waals surface area contributed by atoms with Crippen LogP contribution >= 0.6 is 0 Å². The minimum Gasteiger partial charge on any atom is -0.480 e. The number of nitrogens with two attached hydrogens (primary N) is 2. The number of carboxylic acid groups (broad SMARTS) is 1. The number of aliphatic carboxylic acids is 1. The third-order valence-corrected chi connectivity index (χ3v) is 2.39. The lowest BCUT2D eigenvalue weighted by atomic mass is 10.2. The summed E-state index contributed by atoms with van der Waals surface area (Å²) >= 11 is 0. The molecule has 13 heavy (non-hydrogen) atoms. The molecule has 2 rings (SSSR count). The molecule has 0 spiro atoms. The van der Waals surface area contributed by atoms with Crippen molar-refractivity contribution >= 4 is 11.9 Å². The maximum Gasteiger partial charge on any atom is 0.324 e. The van der Waals surface area contributed by atoms with Gasteiger partial charge in [-0.25, -0.2) is 0 Å². The predicted molar refractivity (Wildman–Crippen MR) is 45.0 cm³/mol. The van der Waals surface area contributed by atoms with Gasteiger partial charge in [0.2, 0.25) is 0 Å². The number of nitrogen functional groups attached to an aromatic ring is 1. The van der Waals surface area contributed by atoms with E-state index in [1.807, 2.05) is 0 Å². The van der Waals surface area contributed by atoms with Gasteiger partial charge in [0.05, 0.1) is 0 Å². The average Bonchev–Trinajstić information content (AvgIpc) is 2.55. The highest BCUT2D eigenvalue weighted by molar-refractivity contribution is 5.84. The fraction of sp³-hybridized carbons (Fsp3) is 0.375. The fourth-order valence-corrected chi connectivity index (χ4v) is 1.43. The van der Waals surface area contributed by atoms with E-state index >= 15 is 0 Å². The molecule has 1 heterocycles. The number of rotatable bonds is 2. The Balaban J connectivity index is 2.20. The lowest BCUT2D eigenvalue weighted by molar-refractivity contribution is -0.139. The monoisotopic (exact) mass is 182 g/mol. The molecule has 1 aliphatic carbocycles. The van der Waals surface area contributed by atoms with Crippen LogP contribution in [-0.2, 0) is 4.79 Å². The summed E-state index contributed by atoms with van der Waals surface area (Å²) in [7, 11) is 0. The summed E-state index contributed by atoms with van der Waals surface area (Å²) in [5.41, 5.74) is 9.78. The Morgan fingerprint density at radius 1 is 1.69 bits per heavy atom. The molecule has 1 fully saturated rings. The van der Waals surface area contributed by atoms with Crippen LogP contribution in [0.15, 0.2) is 16.5 Å². The number of furan rings is 1. The van der Waals surface area contributed by atoms with Crippen molar-refractivity contribution in [3.05, 3.63) is 17.9 Å². The van der Waals surface area contributed by atoms with Crippen molar-refractivity contribution in [1.29, 1.82) is 0 Å². The van der Waals surface area contributed by atoms with Gasteiger partial charge in [0.25, 0.3) is 0 Å². The minimum absolute atomic E-state index is 0.234. The van der Waals surface area contributed by atoms with Gasteiger partial charge in [-0.15, -0.1) is 0 Å². The Bertz CT molecular complexity index is 360. The summed E-state index contributed by atoms with van der Waals surface area (Å²) in [4.78, 5) is 10.7. The molecule has 2 atom stereocenters. The van der Waals surface area contributed by atoms with Crippen LogP contribution in [0.1, 0.15) is 18.1 Å². The zero-order valence-corrected chi connectivity index (χ0v) is 6.86. The molecule has 0 radical (unpaired) electrons. The van der Waals surface area contributed by atoms with E-state index in [9.17, 15) is 4.79 Å². The first-order valence-corrected chi connectivity index (χ1v) is 3.91. The SMILES string of the molecule is Nc1ccc(C2CC2(N)C(=O)O)o1. The molecule has 2 unspecified atom stereocenters. The van der Waals surface area contributed by atoms with Crippen LogP contribution in [0, 0.1) is 0 Å². The fourth-order valence-electron chi connectivity index (χ4n) is 1.43. The Morgan fingerprint density at radius 3 is 2.77 bits per heavy atom. The first kappa shape index (κ1) is 8.12. The van der Waals surface area contributed by atoms with Crippen molar-refractivity contribution in [2.24, 2.45) is 5.73 Å². The molecule has 5 nitrogen and oxygen atoms in total. The second-order valence-corrected chi connectivity index (χ2v) is 3.34. The van der Waals surface area contributed by atoms with E-state index in [2.05, 4.69) is 0 Å². The van der Waals surface area contributed by atoms with Gasteiger partial charge in [0.1, 0.15) is 11.3 Å². The Kier molecular flexibility index (Phi) is 1.41. The maximum atomic E-state index is 10.7. The second-order valence-electron chi connectivity index (χ2n) is 3.34. The molecule has 1 aliphatic rings. The third-order valence-electron chi connectivity index (χ3n) is 2.39. The molecule has 70 valence electrons. The summed E-state index contributed by atoms with van der Waals surface area (Å²) in [5.74, 6) is -0.383. The lowest BCUT2D eigenvalue weighted by Crippen LogP contribution is -2.34. The lowest BCUT2D eigenvalue weighted by Gasteiger charge is -2.01. The summed E-state index contributed by atoms with van der Waals surface area (Å²) in [6.45, 7) is 0. The zero-order valence-electron chi connectivity index (χ0n) is 6.86. The topological polar surface area (TPSA) is 102 Å². The van der Waals surface area contributed by atoms with Crippen LogP contribution in [0.3, 0.4) is 0 Å². The van der Waals surface area contributed by atoms with Crippen molar-refractivity contribution in [3.8, 4) is 0 Å². The van der Waals surface area contributed by atoms with Gasteiger partial charge in [-0.3, -0.25) is 4.79 Å². The molecule has 0 saturated heterocycles. The third kappa shape index (κ3) is 1.08. The Labute approximate surface area is 74.3 Å². The molecule has 1 saturated carbocycles. The standard InChI is InChI=1S/C8H10N2O3/c9-6-2-1-5(13-6)4-3-8(4,10)7(11)12/h1-2,4H,3,9-10H2,(H,11,12). The van der Waals surface area contributed by atoms with Crippen molar-refractivity contribution in [1.82, 2.24) is 0 Å². The van der Waals surface area contributed by atoms with Gasteiger partial charge >= 0.3 is 5.97 Å². The maximum absolute atomic E-state index is 10.7. The molecular weight excluding hydrogens is 172 g/mol. The van der Waals surface area contributed by atoms with E-state index in [-0.39, 0.29) is 11.8 Å². The zero-order chi connectivity index (χ0) is 9.64. The molecule has 0 aliphatic heterocycles. The quantitative estimate of drug-likeness (QED) is 0.603. The number of anilines is 1. The molecule has 5 N–H and O–H groups in total. The molecule has 1 aromatic heterocycles. The highest BCUT2D eigenvalue weighted by Gasteiger charge is 2.60. The van der Waals surface area contributed by atoms with E-state index < -0.39 is 11.5 Å². The first-order valence-electron chi connectivity index (χ1n) is 3.91. The van der Waals surface area contributed by atoms with Crippen LogP contribution in [0.2, 0.25) is 0 Å². The largest absolute Gasteiger partial charge is 0.480 e. The number of carboxylic acids is 1. The van der Waals surface area contributed by atoms with Gasteiger partial charge in [0, 0.05) is 12.0 Å². The van der Waals surface area contributed by atoms with Gasteiger partial charge in [-0.1, -0.05) is 0 Å². The summed E-state index contributed by atoms with van der Waals surface area (Å²) in [5, 5.41) is 8.75. The number of hydrogen-bond donors (Lipinski definition) is 3. The van der Waals surface area contributed by atoms with E-state index in [1.54, 1.807) is 12.1 Å². The van der Waals surface area contributed by atoms with Crippen LogP contribution in [0.5, 0.6) is 0 Å². The summed E-state index contributed by atoms with van der Waals surface area (Å²) in [6.07, 6.45) is 0.412. The molecular formula is C8H10N2O3. The normalized spacial score (nSPS) is 31.6. The highest BCUT2D eigenvalue weighted by atomic mass is 16.4. The number of hydrogen-bond acceptors (Lipinski definition) is 4. The van der Waals surface area contributed by atoms with Crippen molar-refractivity contribution in [2.75, 3.05) is 5.73 Å². The van der Waals surface area contributed by atoms with E-state index in [0.29, 0.717) is 12.2 Å². The molecule has 0 bridgehead atoms. The smallest absolute Gasteiger partial charge is 0.324 e. The van der Waals surface area contributed by atoms with Crippen molar-refractivity contribution < 1.29 is 14.3 Å². The first-order chi connectivity index (χ1) is 6.04. The van der Waals surface area contributed by atoms with E-state index in [1.165, 1.54) is 0 Å². The molecule has 1 aromatic rings. The van der Waals surface area contributed by atoms with Gasteiger partial charge in [0.15, 0.2) is 5.88 Å². The van der Waals surface area contributed by atoms with Gasteiger partial charge in [-0.2, -0.15) is 0 Å². The van der Waals surface area contributed by atoms with E-state index in [0.717, 1.165) is 0 Å². The van der Waals surface area contributed by atoms with Crippen LogP contribution in [0.25, 0.3) is 0 Å². The molecule has 0 amide bonds. The second kappa shape index (κ2) is 2.26.